The van der Waals surface area contributed by atoms with Gasteiger partial charge in [-0.25, -0.2) is 8.78 Å². The van der Waals surface area contributed by atoms with E-state index < -0.39 is 12.3 Å². The molecule has 0 spiro atoms. The molecule has 2 fully saturated rings. The van der Waals surface area contributed by atoms with Gasteiger partial charge in [0.25, 0.3) is 5.92 Å². The second kappa shape index (κ2) is 16.6. The number of alkyl halides is 2. The van der Waals surface area contributed by atoms with Gasteiger partial charge in [-0.3, -0.25) is 5.14 Å². The summed E-state index contributed by atoms with van der Waals surface area (Å²) < 4.78 is 38.8. The lowest BCUT2D eigenvalue weighted by Gasteiger charge is -2.25. The molecule has 1 saturated heterocycles. The number of hydrogen-bond donors (Lipinski definition) is 2. The molecule has 1 aliphatic carbocycles. The van der Waals surface area contributed by atoms with Crippen LogP contribution in [0.3, 0.4) is 0 Å². The smallest absolute Gasteiger partial charge is 0.279 e. The van der Waals surface area contributed by atoms with Crippen molar-refractivity contribution < 1.29 is 22.7 Å². The number of ether oxygens (including phenoxy) is 1. The Hall–Kier alpha value is -2.69. The maximum Gasteiger partial charge on any atom is 0.279 e. The highest BCUT2D eigenvalue weighted by Crippen LogP contribution is 2.36. The zero-order valence-electron chi connectivity index (χ0n) is 25.2. The molecule has 0 amide bonds. The molecule has 1 aliphatic heterocycles. The maximum absolute atomic E-state index is 13.7. The summed E-state index contributed by atoms with van der Waals surface area (Å²) in [4.78, 5) is 13.7. The van der Waals surface area contributed by atoms with Gasteiger partial charge in [-0.2, -0.15) is 0 Å². The van der Waals surface area contributed by atoms with Gasteiger partial charge in [0.1, 0.15) is 23.2 Å². The van der Waals surface area contributed by atoms with E-state index >= 15 is 0 Å². The number of piperidine rings is 1. The fourth-order valence-electron chi connectivity index (χ4n) is 5.41. The zero-order valence-corrected chi connectivity index (χ0v) is 26.7. The van der Waals surface area contributed by atoms with Crippen molar-refractivity contribution >= 4 is 51.8 Å². The lowest BCUT2D eigenvalue weighted by molar-refractivity contribution is -0.115. The molecular weight excluding hydrogens is 604 g/mol. The number of aldehydes is 1. The molecule has 1 saturated carbocycles. The van der Waals surface area contributed by atoms with Crippen molar-refractivity contribution in [3.63, 3.8) is 0 Å². The first-order chi connectivity index (χ1) is 21.2. The van der Waals surface area contributed by atoms with Crippen LogP contribution >= 0.6 is 23.5 Å². The van der Waals surface area contributed by atoms with Gasteiger partial charge in [0.15, 0.2) is 0 Å². The SMILES string of the molecule is CN1CCC(N)CC1.NSc1ccc(OCC2CCCCC2)cc1.O=CCC(F)(F)c1ccc2c(c1)oc1cc(Cl)ccc12. The van der Waals surface area contributed by atoms with Crippen LogP contribution in [0.1, 0.15) is 56.9 Å². The van der Waals surface area contributed by atoms with Gasteiger partial charge >= 0.3 is 0 Å². The molecule has 0 unspecified atom stereocenters. The Morgan fingerprint density at radius 1 is 0.977 bits per heavy atom. The monoisotopic (exact) mass is 645 g/mol. The van der Waals surface area contributed by atoms with Gasteiger partial charge in [-0.15, -0.1) is 0 Å². The molecular formula is C34H42ClF2N3O3S. The number of carbonyl (C=O) groups excluding carboxylic acids is 1. The molecule has 10 heteroatoms. The van der Waals surface area contributed by atoms with E-state index in [1.807, 2.05) is 24.3 Å². The third-order valence-electron chi connectivity index (χ3n) is 8.13. The molecule has 0 bridgehead atoms. The van der Waals surface area contributed by atoms with Gasteiger partial charge in [-0.1, -0.05) is 36.9 Å². The van der Waals surface area contributed by atoms with E-state index in [4.69, 9.17) is 31.6 Å². The average molecular weight is 646 g/mol. The summed E-state index contributed by atoms with van der Waals surface area (Å²) in [5, 5.41) is 7.54. The van der Waals surface area contributed by atoms with Crippen LogP contribution in [0.2, 0.25) is 5.02 Å². The number of likely N-dealkylation sites (tertiary alicyclic amines) is 1. The van der Waals surface area contributed by atoms with E-state index in [2.05, 4.69) is 11.9 Å². The highest BCUT2D eigenvalue weighted by atomic mass is 35.5. The van der Waals surface area contributed by atoms with Gasteiger partial charge in [0, 0.05) is 38.4 Å². The maximum atomic E-state index is 13.7. The third kappa shape index (κ3) is 9.91. The summed E-state index contributed by atoms with van der Waals surface area (Å²) >= 11 is 7.14. The topological polar surface area (TPSA) is 94.7 Å². The number of nitrogens with zero attached hydrogens (tertiary/aromatic N) is 1. The molecule has 6 rings (SSSR count). The Labute approximate surface area is 267 Å². The van der Waals surface area contributed by atoms with Crippen molar-refractivity contribution in [2.75, 3.05) is 26.7 Å². The minimum absolute atomic E-state index is 0.211. The van der Waals surface area contributed by atoms with E-state index in [-0.39, 0.29) is 11.8 Å². The van der Waals surface area contributed by atoms with E-state index in [1.54, 1.807) is 24.3 Å². The molecule has 1 aromatic heterocycles. The first-order valence-corrected chi connectivity index (χ1v) is 16.4. The van der Waals surface area contributed by atoms with Crippen molar-refractivity contribution in [1.82, 2.24) is 4.90 Å². The fraction of sp³-hybridized carbons (Fsp3) is 0.441. The normalized spacial score (nSPS) is 16.6. The molecule has 44 heavy (non-hydrogen) atoms. The average Bonchev–Trinajstić information content (AvgIpc) is 3.39. The standard InChI is InChI=1S/C15H9ClF2O2.C13H19NOS.C6H14N2/c16-10-2-4-12-11-3-1-9(15(17,18)5-6-19)7-13(11)20-14(12)8-10;14-16-13-8-6-12(7-9-13)15-10-11-4-2-1-3-5-11;1-8-4-2-6(7)3-5-8/h1-4,6-8H,5H2;6-9,11H,1-5,10,14H2;6H,2-5,7H2,1H3. The van der Waals surface area contributed by atoms with E-state index in [1.165, 1.54) is 82.1 Å². The van der Waals surface area contributed by atoms with E-state index in [0.717, 1.165) is 33.9 Å². The van der Waals surface area contributed by atoms with Gasteiger partial charge < -0.3 is 24.6 Å². The van der Waals surface area contributed by atoms with Crippen molar-refractivity contribution in [3.8, 4) is 5.75 Å². The second-order valence-electron chi connectivity index (χ2n) is 11.6. The molecule has 0 atom stereocenters. The zero-order chi connectivity index (χ0) is 31.5. The van der Waals surface area contributed by atoms with Crippen LogP contribution in [-0.2, 0) is 10.7 Å². The van der Waals surface area contributed by atoms with E-state index in [9.17, 15) is 13.6 Å². The number of furan rings is 1. The summed E-state index contributed by atoms with van der Waals surface area (Å²) in [6, 6.07) is 17.8. The first-order valence-electron chi connectivity index (χ1n) is 15.2. The molecule has 6 nitrogen and oxygen atoms in total. The molecule has 238 valence electrons. The van der Waals surface area contributed by atoms with Crippen molar-refractivity contribution in [1.29, 1.82) is 0 Å². The summed E-state index contributed by atoms with van der Waals surface area (Å²) in [5.74, 6) is -1.47. The van der Waals surface area contributed by atoms with Crippen LogP contribution in [0, 0.1) is 5.92 Å². The van der Waals surface area contributed by atoms with Crippen LogP contribution in [-0.4, -0.2) is 44.0 Å². The van der Waals surface area contributed by atoms with Gasteiger partial charge in [0.05, 0.1) is 13.0 Å². The van der Waals surface area contributed by atoms with Crippen LogP contribution in [0.4, 0.5) is 8.78 Å². The molecule has 2 heterocycles. The Balaban J connectivity index is 0.000000164. The fourth-order valence-corrected chi connectivity index (χ4v) is 5.87. The Bertz CT molecular complexity index is 1460. The molecule has 4 N–H and O–H groups in total. The first kappa shape index (κ1) is 34.2. The Kier molecular flexibility index (Phi) is 12.9. The number of hydrogen-bond acceptors (Lipinski definition) is 7. The number of fused-ring (bicyclic) bond motifs is 3. The molecule has 0 radical (unpaired) electrons. The second-order valence-corrected chi connectivity index (χ2v) is 12.7. The number of carbonyl (C=O) groups is 1. The van der Waals surface area contributed by atoms with Gasteiger partial charge in [-0.05, 0) is 112 Å². The Morgan fingerprint density at radius 3 is 2.23 bits per heavy atom. The summed E-state index contributed by atoms with van der Waals surface area (Å²) in [7, 11) is 2.14. The highest BCUT2D eigenvalue weighted by Gasteiger charge is 2.31. The van der Waals surface area contributed by atoms with Crippen LogP contribution in [0.15, 0.2) is 70.0 Å². The number of halogens is 3. The van der Waals surface area contributed by atoms with Gasteiger partial charge in [0.2, 0.25) is 0 Å². The lowest BCUT2D eigenvalue weighted by atomic mass is 9.90. The number of benzene rings is 3. The quantitative estimate of drug-likeness (QED) is 0.154. The predicted molar refractivity (Wildman–Crippen MR) is 177 cm³/mol. The third-order valence-corrected chi connectivity index (χ3v) is 8.91. The number of rotatable bonds is 7. The number of nitrogens with two attached hydrogens (primary N) is 2. The largest absolute Gasteiger partial charge is 0.493 e. The summed E-state index contributed by atoms with van der Waals surface area (Å²) in [5.41, 5.74) is 6.33. The minimum Gasteiger partial charge on any atom is -0.493 e. The van der Waals surface area contributed by atoms with Crippen molar-refractivity contribution in [3.05, 3.63) is 71.2 Å². The Morgan fingerprint density at radius 2 is 1.61 bits per heavy atom. The highest BCUT2D eigenvalue weighted by molar-refractivity contribution is 7.97. The summed E-state index contributed by atoms with van der Waals surface area (Å²) in [6.45, 7) is 3.23. The molecule has 3 aromatic carbocycles. The molecule has 2 aliphatic rings. The summed E-state index contributed by atoms with van der Waals surface area (Å²) in [6.07, 6.45) is 8.53. The van der Waals surface area contributed by atoms with Crippen molar-refractivity contribution in [2.24, 2.45) is 16.8 Å². The van der Waals surface area contributed by atoms with Crippen LogP contribution in [0.5, 0.6) is 5.75 Å². The minimum atomic E-state index is -3.19. The van der Waals surface area contributed by atoms with E-state index in [0.29, 0.717) is 22.2 Å². The van der Waals surface area contributed by atoms with Crippen LogP contribution < -0.4 is 15.6 Å². The van der Waals surface area contributed by atoms with Crippen molar-refractivity contribution in [2.45, 2.75) is 68.2 Å². The van der Waals surface area contributed by atoms with Crippen LogP contribution in [0.25, 0.3) is 21.9 Å². The lowest BCUT2D eigenvalue weighted by Crippen LogP contribution is -2.37. The predicted octanol–water partition coefficient (Wildman–Crippen LogP) is 8.57. The molecule has 4 aromatic rings.